The van der Waals surface area contributed by atoms with Crippen LogP contribution in [0.2, 0.25) is 5.02 Å². The highest BCUT2D eigenvalue weighted by Crippen LogP contribution is 2.45. The van der Waals surface area contributed by atoms with E-state index in [-0.39, 0.29) is 12.1 Å². The molecule has 0 aliphatic carbocycles. The third kappa shape index (κ3) is 5.20. The maximum Gasteiger partial charge on any atom is 0.174 e. The fraction of sp³-hybridized carbons (Fsp3) is 0.290. The van der Waals surface area contributed by atoms with Gasteiger partial charge in [0.25, 0.3) is 0 Å². The van der Waals surface area contributed by atoms with Gasteiger partial charge in [-0.1, -0.05) is 46.6 Å². The van der Waals surface area contributed by atoms with Gasteiger partial charge in [0.05, 0.1) is 22.4 Å². The molecule has 1 N–H and O–H groups in total. The molecular weight excluding hydrogens is 592 g/mol. The van der Waals surface area contributed by atoms with Crippen molar-refractivity contribution in [3.63, 3.8) is 0 Å². The molecule has 0 saturated carbocycles. The topological polar surface area (TPSA) is 44.5 Å². The third-order valence-electron chi connectivity index (χ3n) is 7.74. The van der Waals surface area contributed by atoms with Crippen molar-refractivity contribution in [1.82, 2.24) is 10.3 Å². The quantitative estimate of drug-likeness (QED) is 0.226. The van der Waals surface area contributed by atoms with Crippen LogP contribution in [0, 0.1) is 12.8 Å². The average Bonchev–Trinajstić information content (AvgIpc) is 3.54. The summed E-state index contributed by atoms with van der Waals surface area (Å²) in [6.45, 7) is 6.44. The summed E-state index contributed by atoms with van der Waals surface area (Å²) in [5, 5.41) is 4.85. The van der Waals surface area contributed by atoms with Crippen LogP contribution in [0.5, 0.6) is 0 Å². The summed E-state index contributed by atoms with van der Waals surface area (Å²) < 4.78 is 7.54. The van der Waals surface area contributed by atoms with E-state index in [1.807, 2.05) is 42.6 Å². The molecule has 2 unspecified atom stereocenters. The van der Waals surface area contributed by atoms with Gasteiger partial charge in [-0.05, 0) is 98.1 Å². The second-order valence-electron chi connectivity index (χ2n) is 10.5. The number of furan rings is 1. The molecule has 200 valence electrons. The van der Waals surface area contributed by atoms with Crippen LogP contribution < -0.4 is 15.1 Å². The van der Waals surface area contributed by atoms with Crippen LogP contribution in [0.15, 0.2) is 81.8 Å². The average molecular weight is 622 g/mol. The summed E-state index contributed by atoms with van der Waals surface area (Å²) in [5.41, 5.74) is 5.08. The van der Waals surface area contributed by atoms with Gasteiger partial charge in [0.15, 0.2) is 5.11 Å². The predicted octanol–water partition coefficient (Wildman–Crippen LogP) is 8.48. The molecule has 39 heavy (non-hydrogen) atoms. The number of rotatable bonds is 5. The van der Waals surface area contributed by atoms with E-state index in [4.69, 9.17) is 28.2 Å². The zero-order chi connectivity index (χ0) is 27.1. The van der Waals surface area contributed by atoms with Gasteiger partial charge in [-0.2, -0.15) is 0 Å². The number of benzene rings is 2. The minimum Gasteiger partial charge on any atom is -0.459 e. The molecule has 0 amide bonds. The standard InChI is InChI=1S/C31H30BrClN4OS/c1-19-12-15-36(16-13-19)26-9-7-21(18-24(26)33)37-30(29(35-31(37)39)25-5-3-4-14-34-25)28-11-10-27(38-28)22-8-6-20(2)17-23(22)32/h3-11,14,17-19,29-30H,12-13,15-16H2,1-2H3,(H,35,39). The number of piperidine rings is 1. The molecule has 2 aromatic carbocycles. The number of halogens is 2. The molecule has 2 aliphatic heterocycles. The van der Waals surface area contributed by atoms with Gasteiger partial charge in [0.2, 0.25) is 0 Å². The molecule has 2 atom stereocenters. The largest absolute Gasteiger partial charge is 0.459 e. The Kier molecular flexibility index (Phi) is 7.40. The Labute approximate surface area is 248 Å². The van der Waals surface area contributed by atoms with Gasteiger partial charge in [0, 0.05) is 35.0 Å². The maximum atomic E-state index is 6.91. The Bertz CT molecular complexity index is 1500. The first-order valence-corrected chi connectivity index (χ1v) is 14.9. The molecular formula is C31H30BrClN4OS. The monoisotopic (exact) mass is 620 g/mol. The van der Waals surface area contributed by atoms with Crippen molar-refractivity contribution in [2.24, 2.45) is 5.92 Å². The molecule has 4 heterocycles. The molecule has 0 radical (unpaired) electrons. The highest BCUT2D eigenvalue weighted by molar-refractivity contribution is 9.10. The van der Waals surface area contributed by atoms with Crippen LogP contribution in [-0.2, 0) is 0 Å². The van der Waals surface area contributed by atoms with E-state index in [2.05, 4.69) is 80.2 Å². The van der Waals surface area contributed by atoms with Crippen molar-refractivity contribution in [2.75, 3.05) is 22.9 Å². The van der Waals surface area contributed by atoms with Gasteiger partial charge < -0.3 is 19.5 Å². The summed E-state index contributed by atoms with van der Waals surface area (Å²) in [6.07, 6.45) is 4.18. The summed E-state index contributed by atoms with van der Waals surface area (Å²) in [6, 6.07) is 22.1. The number of nitrogens with one attached hydrogen (secondary N) is 1. The second-order valence-corrected chi connectivity index (χ2v) is 12.1. The van der Waals surface area contributed by atoms with Gasteiger partial charge >= 0.3 is 0 Å². The number of anilines is 2. The minimum absolute atomic E-state index is 0.193. The maximum absolute atomic E-state index is 6.91. The third-order valence-corrected chi connectivity index (χ3v) is 9.01. The normalized spacial score (nSPS) is 19.9. The van der Waals surface area contributed by atoms with E-state index >= 15 is 0 Å². The van der Waals surface area contributed by atoms with Gasteiger partial charge in [-0.15, -0.1) is 0 Å². The van der Waals surface area contributed by atoms with Gasteiger partial charge in [-0.3, -0.25) is 4.98 Å². The minimum atomic E-state index is -0.247. The van der Waals surface area contributed by atoms with E-state index in [9.17, 15) is 0 Å². The molecule has 5 nitrogen and oxygen atoms in total. The summed E-state index contributed by atoms with van der Waals surface area (Å²) in [7, 11) is 0. The first kappa shape index (κ1) is 26.4. The van der Waals surface area contributed by atoms with Crippen LogP contribution in [0.3, 0.4) is 0 Å². The first-order chi connectivity index (χ1) is 18.9. The van der Waals surface area contributed by atoms with E-state index in [1.54, 1.807) is 0 Å². The summed E-state index contributed by atoms with van der Waals surface area (Å²) >= 11 is 16.5. The Hall–Kier alpha value is -2.87. The lowest BCUT2D eigenvalue weighted by molar-refractivity contribution is 0.438. The number of thiocarbonyl (C=S) groups is 1. The molecule has 2 fully saturated rings. The zero-order valence-corrected chi connectivity index (χ0v) is 25.1. The van der Waals surface area contributed by atoms with Crippen molar-refractivity contribution in [1.29, 1.82) is 0 Å². The van der Waals surface area contributed by atoms with E-state index in [0.29, 0.717) is 5.11 Å². The SMILES string of the molecule is Cc1ccc(-c2ccc(C3C(c4ccccn4)NC(=S)N3c3ccc(N4CCC(C)CC4)c(Cl)c3)o2)c(Br)c1. The van der Waals surface area contributed by atoms with E-state index < -0.39 is 0 Å². The Morgan fingerprint density at radius 1 is 1.05 bits per heavy atom. The first-order valence-electron chi connectivity index (χ1n) is 13.3. The molecule has 2 saturated heterocycles. The molecule has 0 bridgehead atoms. The Morgan fingerprint density at radius 2 is 1.87 bits per heavy atom. The molecule has 0 spiro atoms. The van der Waals surface area contributed by atoms with Crippen LogP contribution in [0.1, 0.15) is 48.9 Å². The number of hydrogen-bond donors (Lipinski definition) is 1. The van der Waals surface area contributed by atoms with Crippen LogP contribution in [0.4, 0.5) is 11.4 Å². The molecule has 4 aromatic rings. The molecule has 2 aliphatic rings. The van der Waals surface area contributed by atoms with Crippen molar-refractivity contribution in [3.05, 3.63) is 99.4 Å². The highest BCUT2D eigenvalue weighted by atomic mass is 79.9. The number of hydrogen-bond acceptors (Lipinski definition) is 4. The van der Waals surface area contributed by atoms with Crippen LogP contribution in [0.25, 0.3) is 11.3 Å². The van der Waals surface area contributed by atoms with Gasteiger partial charge in [0.1, 0.15) is 17.6 Å². The fourth-order valence-electron chi connectivity index (χ4n) is 5.55. The van der Waals surface area contributed by atoms with E-state index in [0.717, 1.165) is 62.7 Å². The molecule has 8 heteroatoms. The Balaban J connectivity index is 1.38. The summed E-state index contributed by atoms with van der Waals surface area (Å²) in [5.74, 6) is 2.35. The van der Waals surface area contributed by atoms with E-state index in [1.165, 1.54) is 18.4 Å². The lowest BCUT2D eigenvalue weighted by atomic mass is 9.98. The van der Waals surface area contributed by atoms with Crippen molar-refractivity contribution < 1.29 is 4.42 Å². The molecule has 2 aromatic heterocycles. The number of pyridine rings is 1. The van der Waals surface area contributed by atoms with Crippen LogP contribution >= 0.6 is 39.7 Å². The lowest BCUT2D eigenvalue weighted by Crippen LogP contribution is -2.33. The number of nitrogens with zero attached hydrogens (tertiary/aromatic N) is 3. The zero-order valence-electron chi connectivity index (χ0n) is 21.9. The summed E-state index contributed by atoms with van der Waals surface area (Å²) in [4.78, 5) is 9.15. The van der Waals surface area contributed by atoms with Crippen molar-refractivity contribution >= 4 is 56.2 Å². The second kappa shape index (κ2) is 11.0. The predicted molar refractivity (Wildman–Crippen MR) is 167 cm³/mol. The Morgan fingerprint density at radius 3 is 2.59 bits per heavy atom. The lowest BCUT2D eigenvalue weighted by Gasteiger charge is -2.33. The number of aryl methyl sites for hydroxylation is 1. The van der Waals surface area contributed by atoms with Crippen molar-refractivity contribution in [3.8, 4) is 11.3 Å². The van der Waals surface area contributed by atoms with Crippen LogP contribution in [-0.4, -0.2) is 23.2 Å². The van der Waals surface area contributed by atoms with Crippen molar-refractivity contribution in [2.45, 2.75) is 38.8 Å². The smallest absolute Gasteiger partial charge is 0.174 e. The number of aromatic nitrogens is 1. The van der Waals surface area contributed by atoms with Gasteiger partial charge in [-0.25, -0.2) is 0 Å². The fourth-order valence-corrected chi connectivity index (χ4v) is 6.88. The molecule has 6 rings (SSSR count). The highest BCUT2D eigenvalue weighted by Gasteiger charge is 2.43.